The first-order valence-corrected chi connectivity index (χ1v) is 7.78. The zero-order valence-corrected chi connectivity index (χ0v) is 14.0. The molecule has 0 bridgehead atoms. The normalized spacial score (nSPS) is 10.8. The molecule has 3 rings (SSSR count). The van der Waals surface area contributed by atoms with Crippen LogP contribution in [-0.4, -0.2) is 16.9 Å². The number of benzene rings is 2. The molecule has 0 atom stereocenters. The van der Waals surface area contributed by atoms with Crippen molar-refractivity contribution < 1.29 is 4.74 Å². The van der Waals surface area contributed by atoms with Gasteiger partial charge in [-0.1, -0.05) is 30.3 Å². The largest absolute Gasteiger partial charge is 0.497 e. The Morgan fingerprint density at radius 3 is 2.38 bits per heavy atom. The van der Waals surface area contributed by atoms with E-state index in [-0.39, 0.29) is 22.6 Å². The monoisotopic (exact) mass is 341 g/mol. The number of aromatic nitrogens is 2. The zero-order valence-electron chi connectivity index (χ0n) is 14.0. The molecular formula is C20H15N5O. The van der Waals surface area contributed by atoms with Crippen molar-refractivity contribution in [2.75, 3.05) is 12.8 Å². The topological polar surface area (TPSA) is 101 Å². The van der Waals surface area contributed by atoms with Crippen LogP contribution >= 0.6 is 0 Å². The first kappa shape index (κ1) is 16.8. The van der Waals surface area contributed by atoms with E-state index in [9.17, 15) is 10.5 Å². The van der Waals surface area contributed by atoms with Crippen LogP contribution in [0.3, 0.4) is 0 Å². The molecule has 0 fully saturated rings. The fraction of sp³-hybridized carbons (Fsp3) is 0.0500. The number of nitrogen functional groups attached to an aromatic ring is 1. The molecule has 0 unspecified atom stereocenters. The molecule has 26 heavy (non-hydrogen) atoms. The van der Waals surface area contributed by atoms with Gasteiger partial charge in [-0.25, -0.2) is 4.68 Å². The van der Waals surface area contributed by atoms with Crippen LogP contribution in [0.1, 0.15) is 16.8 Å². The van der Waals surface area contributed by atoms with Gasteiger partial charge in [0.1, 0.15) is 35.0 Å². The van der Waals surface area contributed by atoms with Crippen LogP contribution in [0.2, 0.25) is 0 Å². The van der Waals surface area contributed by atoms with Crippen molar-refractivity contribution in [3.63, 3.8) is 0 Å². The molecule has 126 valence electrons. The molecule has 3 aromatic rings. The summed E-state index contributed by atoms with van der Waals surface area (Å²) in [5.41, 5.74) is 8.29. The number of anilines is 1. The van der Waals surface area contributed by atoms with E-state index in [0.717, 1.165) is 17.0 Å². The molecule has 0 spiro atoms. The van der Waals surface area contributed by atoms with Gasteiger partial charge >= 0.3 is 0 Å². The number of hydrogen-bond acceptors (Lipinski definition) is 5. The number of para-hydroxylation sites is 1. The standard InChI is InChI=1S/C20H15N5O/c1-26-17-9-7-14(8-10-17)11-15(12-21)19-18(13-22)20(23)25(24-19)16-5-3-2-4-6-16/h2-11H,23H2,1H3/b15-11-. The van der Waals surface area contributed by atoms with Gasteiger partial charge in [-0.15, -0.1) is 0 Å². The molecule has 2 aromatic carbocycles. The summed E-state index contributed by atoms with van der Waals surface area (Å²) in [5.74, 6) is 0.917. The van der Waals surface area contributed by atoms with Crippen molar-refractivity contribution in [2.45, 2.75) is 0 Å². The number of nitrogens with zero attached hydrogens (tertiary/aromatic N) is 4. The molecule has 0 radical (unpaired) electrons. The molecule has 0 saturated heterocycles. The third kappa shape index (κ3) is 3.12. The molecule has 6 heteroatoms. The van der Waals surface area contributed by atoms with E-state index < -0.39 is 0 Å². The Hall–Kier alpha value is -4.03. The van der Waals surface area contributed by atoms with Crippen molar-refractivity contribution in [2.24, 2.45) is 0 Å². The van der Waals surface area contributed by atoms with E-state index in [0.29, 0.717) is 0 Å². The van der Waals surface area contributed by atoms with Gasteiger partial charge in [0.15, 0.2) is 0 Å². The molecule has 1 heterocycles. The average molecular weight is 341 g/mol. The smallest absolute Gasteiger partial charge is 0.145 e. The van der Waals surface area contributed by atoms with Crippen molar-refractivity contribution in [1.82, 2.24) is 9.78 Å². The molecular weight excluding hydrogens is 326 g/mol. The van der Waals surface area contributed by atoms with Gasteiger partial charge in [-0.3, -0.25) is 0 Å². The maximum absolute atomic E-state index is 9.59. The quantitative estimate of drug-likeness (QED) is 0.733. The summed E-state index contributed by atoms with van der Waals surface area (Å²) >= 11 is 0. The molecule has 1 aromatic heterocycles. The minimum atomic E-state index is 0.176. The first-order chi connectivity index (χ1) is 12.7. The number of ether oxygens (including phenoxy) is 1. The lowest BCUT2D eigenvalue weighted by atomic mass is 10.1. The van der Waals surface area contributed by atoms with Gasteiger partial charge in [0.05, 0.1) is 18.4 Å². The van der Waals surface area contributed by atoms with Crippen molar-refractivity contribution >= 4 is 17.5 Å². The van der Waals surface area contributed by atoms with E-state index in [1.54, 1.807) is 25.3 Å². The minimum absolute atomic E-state index is 0.176. The number of nitriles is 2. The van der Waals surface area contributed by atoms with E-state index in [1.165, 1.54) is 4.68 Å². The highest BCUT2D eigenvalue weighted by molar-refractivity contribution is 5.91. The van der Waals surface area contributed by atoms with Crippen LogP contribution in [0.5, 0.6) is 5.75 Å². The lowest BCUT2D eigenvalue weighted by molar-refractivity contribution is 0.415. The second kappa shape index (κ2) is 7.25. The van der Waals surface area contributed by atoms with E-state index in [2.05, 4.69) is 17.2 Å². The number of hydrogen-bond donors (Lipinski definition) is 1. The Morgan fingerprint density at radius 1 is 1.12 bits per heavy atom. The van der Waals surface area contributed by atoms with Crippen LogP contribution in [0.4, 0.5) is 5.82 Å². The Bertz CT molecular complexity index is 1030. The van der Waals surface area contributed by atoms with Gasteiger partial charge in [0, 0.05) is 0 Å². The van der Waals surface area contributed by atoms with E-state index >= 15 is 0 Å². The predicted octanol–water partition coefficient (Wildman–Crippen LogP) is 3.40. The van der Waals surface area contributed by atoms with Gasteiger partial charge in [-0.2, -0.15) is 15.6 Å². The Balaban J connectivity index is 2.10. The van der Waals surface area contributed by atoms with Gasteiger partial charge < -0.3 is 10.5 Å². The van der Waals surface area contributed by atoms with Crippen LogP contribution in [0.25, 0.3) is 17.3 Å². The molecule has 0 saturated carbocycles. The summed E-state index contributed by atoms with van der Waals surface area (Å²) in [6.07, 6.45) is 1.66. The van der Waals surface area contributed by atoms with Crippen molar-refractivity contribution in [1.29, 1.82) is 10.5 Å². The highest BCUT2D eigenvalue weighted by atomic mass is 16.5. The summed E-state index contributed by atoms with van der Waals surface area (Å²) in [5, 5.41) is 23.5. The zero-order chi connectivity index (χ0) is 18.5. The van der Waals surface area contributed by atoms with Gasteiger partial charge in [-0.05, 0) is 35.9 Å². The highest BCUT2D eigenvalue weighted by Crippen LogP contribution is 2.27. The molecule has 0 aliphatic heterocycles. The number of rotatable bonds is 4. The lowest BCUT2D eigenvalue weighted by Crippen LogP contribution is -2.02. The van der Waals surface area contributed by atoms with Crippen LogP contribution in [0, 0.1) is 22.7 Å². The molecule has 2 N–H and O–H groups in total. The third-order valence-corrected chi connectivity index (χ3v) is 3.84. The summed E-state index contributed by atoms with van der Waals surface area (Å²) < 4.78 is 6.59. The van der Waals surface area contributed by atoms with Gasteiger partial charge in [0.2, 0.25) is 0 Å². The molecule has 0 aliphatic rings. The second-order valence-corrected chi connectivity index (χ2v) is 5.41. The Labute approximate surface area is 151 Å². The first-order valence-electron chi connectivity index (χ1n) is 7.78. The number of methoxy groups -OCH3 is 1. The third-order valence-electron chi connectivity index (χ3n) is 3.84. The van der Waals surface area contributed by atoms with Crippen LogP contribution in [0.15, 0.2) is 54.6 Å². The second-order valence-electron chi connectivity index (χ2n) is 5.41. The van der Waals surface area contributed by atoms with Crippen molar-refractivity contribution in [3.05, 3.63) is 71.4 Å². The summed E-state index contributed by atoms with van der Waals surface area (Å²) in [7, 11) is 1.59. The number of nitrogens with two attached hydrogens (primary N) is 1. The molecule has 0 amide bonds. The molecule has 6 nitrogen and oxygen atoms in total. The van der Waals surface area contributed by atoms with E-state index in [4.69, 9.17) is 10.5 Å². The number of allylic oxidation sites excluding steroid dienone is 1. The Kier molecular flexibility index (Phi) is 4.69. The van der Waals surface area contributed by atoms with Crippen molar-refractivity contribution in [3.8, 4) is 23.6 Å². The maximum atomic E-state index is 9.59. The fourth-order valence-electron chi connectivity index (χ4n) is 2.52. The minimum Gasteiger partial charge on any atom is -0.497 e. The Morgan fingerprint density at radius 2 is 1.81 bits per heavy atom. The van der Waals surface area contributed by atoms with E-state index in [1.807, 2.05) is 42.5 Å². The molecule has 0 aliphatic carbocycles. The maximum Gasteiger partial charge on any atom is 0.145 e. The fourth-order valence-corrected chi connectivity index (χ4v) is 2.52. The SMILES string of the molecule is COc1ccc(/C=C(/C#N)c2nn(-c3ccccc3)c(N)c2C#N)cc1. The predicted molar refractivity (Wildman–Crippen MR) is 99.2 cm³/mol. The summed E-state index contributed by atoms with van der Waals surface area (Å²) in [4.78, 5) is 0. The highest BCUT2D eigenvalue weighted by Gasteiger charge is 2.19. The van der Waals surface area contributed by atoms with Crippen LogP contribution in [-0.2, 0) is 0 Å². The lowest BCUT2D eigenvalue weighted by Gasteiger charge is -2.02. The van der Waals surface area contributed by atoms with Crippen LogP contribution < -0.4 is 10.5 Å². The van der Waals surface area contributed by atoms with Gasteiger partial charge in [0.25, 0.3) is 0 Å². The summed E-state index contributed by atoms with van der Waals surface area (Å²) in [6, 6.07) is 20.6. The average Bonchev–Trinajstić information content (AvgIpc) is 3.03. The summed E-state index contributed by atoms with van der Waals surface area (Å²) in [6.45, 7) is 0.